The van der Waals surface area contributed by atoms with Gasteiger partial charge in [-0.05, 0) is 42.7 Å². The number of aromatic nitrogens is 2. The van der Waals surface area contributed by atoms with Gasteiger partial charge in [-0.3, -0.25) is 14.8 Å². The van der Waals surface area contributed by atoms with Crippen molar-refractivity contribution in [2.24, 2.45) is 0 Å². The lowest BCUT2D eigenvalue weighted by Crippen LogP contribution is -2.67. The van der Waals surface area contributed by atoms with Gasteiger partial charge < -0.3 is 14.4 Å². The van der Waals surface area contributed by atoms with E-state index in [1.807, 2.05) is 35.4 Å². The Morgan fingerprint density at radius 1 is 1.33 bits per heavy atom. The highest BCUT2D eigenvalue weighted by Gasteiger charge is 2.49. The summed E-state index contributed by atoms with van der Waals surface area (Å²) in [4.78, 5) is 22.7. The van der Waals surface area contributed by atoms with E-state index in [0.29, 0.717) is 32.7 Å². The normalized spacial score (nSPS) is 21.1. The second kappa shape index (κ2) is 7.74. The summed E-state index contributed by atoms with van der Waals surface area (Å²) in [6.45, 7) is 4.61. The summed E-state index contributed by atoms with van der Waals surface area (Å²) < 4.78 is 12.2. The molecule has 142 valence electrons. The smallest absolute Gasteiger partial charge is 0.228 e. The average Bonchev–Trinajstić information content (AvgIpc) is 2.66. The van der Waals surface area contributed by atoms with Gasteiger partial charge in [0, 0.05) is 37.3 Å². The van der Waals surface area contributed by atoms with Crippen LogP contribution in [0.5, 0.6) is 0 Å². The van der Waals surface area contributed by atoms with Crippen LogP contribution in [0.1, 0.15) is 29.7 Å². The summed E-state index contributed by atoms with van der Waals surface area (Å²) in [6.07, 6.45) is 7.61. The summed E-state index contributed by atoms with van der Waals surface area (Å²) in [5.74, 6) is 0.108. The van der Waals surface area contributed by atoms with Crippen molar-refractivity contribution in [3.63, 3.8) is 0 Å². The van der Waals surface area contributed by atoms with Gasteiger partial charge >= 0.3 is 0 Å². The summed E-state index contributed by atoms with van der Waals surface area (Å²) in [7, 11) is 0. The second-order valence-corrected chi connectivity index (χ2v) is 7.51. The summed E-state index contributed by atoms with van der Waals surface area (Å²) in [5.41, 5.74) is 2.88. The number of hydrogen-bond donors (Lipinski definition) is 0. The molecular weight excluding hydrogens is 342 g/mol. The van der Waals surface area contributed by atoms with Crippen molar-refractivity contribution >= 4 is 5.91 Å². The van der Waals surface area contributed by atoms with E-state index in [4.69, 9.17) is 9.47 Å². The summed E-state index contributed by atoms with van der Waals surface area (Å²) in [5, 5.41) is 0. The zero-order valence-corrected chi connectivity index (χ0v) is 15.6. The zero-order chi connectivity index (χ0) is 18.7. The molecule has 2 aliphatic rings. The molecule has 1 spiro atoms. The van der Waals surface area contributed by atoms with Gasteiger partial charge in [0.15, 0.2) is 0 Å². The molecule has 0 aromatic carbocycles. The first-order valence-electron chi connectivity index (χ1n) is 9.46. The number of aryl methyl sites for hydroxylation is 1. The first kappa shape index (κ1) is 18.1. The van der Waals surface area contributed by atoms with Gasteiger partial charge in [0.25, 0.3) is 0 Å². The van der Waals surface area contributed by atoms with Crippen molar-refractivity contribution in [2.75, 3.05) is 19.7 Å². The molecule has 6 nitrogen and oxygen atoms in total. The van der Waals surface area contributed by atoms with Crippen LogP contribution in [0.3, 0.4) is 0 Å². The Labute approximate surface area is 159 Å². The number of hydrogen-bond acceptors (Lipinski definition) is 5. The maximum Gasteiger partial charge on any atom is 0.228 e. The third kappa shape index (κ3) is 4.17. The molecule has 0 N–H and O–H groups in total. The van der Waals surface area contributed by atoms with Crippen LogP contribution in [0.25, 0.3) is 0 Å². The molecule has 6 heteroatoms. The monoisotopic (exact) mass is 367 g/mol. The maximum atomic E-state index is 12.4. The molecule has 0 saturated carbocycles. The van der Waals surface area contributed by atoms with E-state index in [1.165, 1.54) is 5.56 Å². The minimum atomic E-state index is -0.243. The molecule has 2 aromatic rings. The van der Waals surface area contributed by atoms with Crippen LogP contribution >= 0.6 is 0 Å². The predicted octanol–water partition coefficient (Wildman–Crippen LogP) is 2.30. The van der Waals surface area contributed by atoms with Crippen molar-refractivity contribution in [3.8, 4) is 0 Å². The first-order chi connectivity index (χ1) is 13.1. The number of carbonyl (C=O) groups is 1. The van der Waals surface area contributed by atoms with Gasteiger partial charge in [0.05, 0.1) is 32.2 Å². The molecule has 4 rings (SSSR count). The Hall–Kier alpha value is -2.31. The van der Waals surface area contributed by atoms with Crippen LogP contribution in [0.15, 0.2) is 42.9 Å². The molecule has 2 fully saturated rings. The fourth-order valence-corrected chi connectivity index (χ4v) is 3.80. The first-order valence-corrected chi connectivity index (χ1v) is 9.46. The van der Waals surface area contributed by atoms with E-state index in [1.54, 1.807) is 12.4 Å². The molecule has 27 heavy (non-hydrogen) atoms. The van der Waals surface area contributed by atoms with Crippen molar-refractivity contribution < 1.29 is 14.3 Å². The Balaban J connectivity index is 1.28. The second-order valence-electron chi connectivity index (χ2n) is 7.51. The molecule has 2 aromatic heterocycles. The molecule has 0 radical (unpaired) electrons. The molecule has 1 unspecified atom stereocenters. The van der Waals surface area contributed by atoms with Crippen LogP contribution in [0.2, 0.25) is 0 Å². The van der Waals surface area contributed by atoms with Crippen molar-refractivity contribution in [3.05, 3.63) is 59.7 Å². The number of pyridine rings is 2. The Morgan fingerprint density at radius 2 is 2.22 bits per heavy atom. The molecule has 2 aliphatic heterocycles. The van der Waals surface area contributed by atoms with Crippen LogP contribution < -0.4 is 0 Å². The van der Waals surface area contributed by atoms with Gasteiger partial charge in [-0.25, -0.2) is 0 Å². The number of likely N-dealkylation sites (tertiary alicyclic amines) is 1. The Kier molecular flexibility index (Phi) is 5.18. The lowest BCUT2D eigenvalue weighted by atomic mass is 9.84. The van der Waals surface area contributed by atoms with Gasteiger partial charge in [-0.15, -0.1) is 0 Å². The van der Waals surface area contributed by atoms with Crippen LogP contribution in [-0.2, 0) is 27.3 Å². The SMILES string of the molecule is Cc1ccncc1COC1CCOC2(C1)CN(C(=O)Cc1ccccn1)C2. The number of nitrogens with zero attached hydrogens (tertiary/aromatic N) is 3. The molecule has 1 atom stereocenters. The van der Waals surface area contributed by atoms with Gasteiger partial charge in [0.2, 0.25) is 5.91 Å². The van der Waals surface area contributed by atoms with E-state index in [-0.39, 0.29) is 17.6 Å². The molecule has 0 bridgehead atoms. The van der Waals surface area contributed by atoms with Crippen LogP contribution in [0, 0.1) is 6.92 Å². The summed E-state index contributed by atoms with van der Waals surface area (Å²) >= 11 is 0. The zero-order valence-electron chi connectivity index (χ0n) is 15.6. The van der Waals surface area contributed by atoms with Crippen LogP contribution in [-0.4, -0.2) is 52.2 Å². The third-order valence-electron chi connectivity index (χ3n) is 5.44. The third-order valence-corrected chi connectivity index (χ3v) is 5.44. The van der Waals surface area contributed by atoms with Crippen molar-refractivity contribution in [1.29, 1.82) is 0 Å². The largest absolute Gasteiger partial charge is 0.373 e. The van der Waals surface area contributed by atoms with E-state index in [0.717, 1.165) is 24.1 Å². The Bertz CT molecular complexity index is 790. The number of ether oxygens (including phenoxy) is 2. The van der Waals surface area contributed by atoms with Gasteiger partial charge in [0.1, 0.15) is 5.60 Å². The highest BCUT2D eigenvalue weighted by Crippen LogP contribution is 2.35. The molecule has 2 saturated heterocycles. The quantitative estimate of drug-likeness (QED) is 0.811. The van der Waals surface area contributed by atoms with E-state index < -0.39 is 0 Å². The lowest BCUT2D eigenvalue weighted by molar-refractivity contribution is -0.202. The maximum absolute atomic E-state index is 12.4. The van der Waals surface area contributed by atoms with E-state index >= 15 is 0 Å². The lowest BCUT2D eigenvalue weighted by Gasteiger charge is -2.53. The fraction of sp³-hybridized carbons (Fsp3) is 0.476. The van der Waals surface area contributed by atoms with E-state index in [2.05, 4.69) is 16.9 Å². The number of amides is 1. The average molecular weight is 367 g/mol. The molecular formula is C21H25N3O3. The van der Waals surface area contributed by atoms with Crippen molar-refractivity contribution in [1.82, 2.24) is 14.9 Å². The highest BCUT2D eigenvalue weighted by atomic mass is 16.5. The summed E-state index contributed by atoms with van der Waals surface area (Å²) in [6, 6.07) is 7.65. The molecule has 0 aliphatic carbocycles. The minimum absolute atomic E-state index is 0.108. The van der Waals surface area contributed by atoms with Crippen LogP contribution in [0.4, 0.5) is 0 Å². The van der Waals surface area contributed by atoms with Gasteiger partial charge in [-0.1, -0.05) is 6.07 Å². The minimum Gasteiger partial charge on any atom is -0.373 e. The van der Waals surface area contributed by atoms with Gasteiger partial charge in [-0.2, -0.15) is 0 Å². The highest BCUT2D eigenvalue weighted by molar-refractivity contribution is 5.79. The number of carbonyl (C=O) groups excluding carboxylic acids is 1. The topological polar surface area (TPSA) is 64.6 Å². The fourth-order valence-electron chi connectivity index (χ4n) is 3.80. The van der Waals surface area contributed by atoms with Crippen molar-refractivity contribution in [2.45, 2.75) is 44.5 Å². The molecule has 4 heterocycles. The number of rotatable bonds is 5. The predicted molar refractivity (Wildman–Crippen MR) is 100.0 cm³/mol. The van der Waals surface area contributed by atoms with E-state index in [9.17, 15) is 4.79 Å². The standard InChI is InChI=1S/C21H25N3O3/c1-16-5-8-22-12-17(16)13-26-19-6-9-27-21(11-19)14-24(15-21)20(25)10-18-4-2-3-7-23-18/h2-5,7-8,12,19H,6,9-11,13-15H2,1H3. The molecule has 1 amide bonds. The Morgan fingerprint density at radius 3 is 3.00 bits per heavy atom.